The van der Waals surface area contributed by atoms with Crippen LogP contribution in [0.3, 0.4) is 0 Å². The van der Waals surface area contributed by atoms with Gasteiger partial charge in [0.25, 0.3) is 5.56 Å². The minimum atomic E-state index is -0.290. The summed E-state index contributed by atoms with van der Waals surface area (Å²) in [4.78, 5) is 17.7. The highest BCUT2D eigenvalue weighted by molar-refractivity contribution is 5.83. The first kappa shape index (κ1) is 8.45. The second kappa shape index (κ2) is 3.17. The Kier molecular flexibility index (Phi) is 2.23. The molecule has 12 heavy (non-hydrogen) atoms. The molecule has 5 heteroatoms. The number of hydrogen-bond donors (Lipinski definition) is 3. The molecule has 0 unspecified atom stereocenters. The molecule has 64 valence electrons. The van der Waals surface area contributed by atoms with Gasteiger partial charge in [0.05, 0.1) is 5.56 Å². The maximum atomic E-state index is 11.2. The minimum Gasteiger partial charge on any atom is -0.372 e. The predicted octanol–water partition coefficient (Wildman–Crippen LogP) is 0.118. The molecule has 3 N–H and O–H groups in total. The van der Waals surface area contributed by atoms with E-state index in [0.717, 1.165) is 6.21 Å². The van der Waals surface area contributed by atoms with E-state index in [1.54, 1.807) is 14.0 Å². The summed E-state index contributed by atoms with van der Waals surface area (Å²) < 4.78 is 0. The molecule has 5 nitrogen and oxygen atoms in total. The van der Waals surface area contributed by atoms with Gasteiger partial charge in [-0.25, -0.2) is 4.98 Å². The van der Waals surface area contributed by atoms with Crippen molar-refractivity contribution in [2.24, 2.45) is 0 Å². The maximum Gasteiger partial charge on any atom is 0.261 e. The highest BCUT2D eigenvalue weighted by atomic mass is 16.1. The van der Waals surface area contributed by atoms with Gasteiger partial charge in [0.15, 0.2) is 0 Å². The largest absolute Gasteiger partial charge is 0.372 e. The molecule has 0 bridgehead atoms. The van der Waals surface area contributed by atoms with E-state index in [2.05, 4.69) is 15.3 Å². The highest BCUT2D eigenvalue weighted by Gasteiger charge is 2.04. The Morgan fingerprint density at radius 1 is 1.67 bits per heavy atom. The lowest BCUT2D eigenvalue weighted by atomic mass is 10.3. The summed E-state index contributed by atoms with van der Waals surface area (Å²) in [5.74, 6) is 0.973. The lowest BCUT2D eigenvalue weighted by Gasteiger charge is -2.02. The fourth-order valence-corrected chi connectivity index (χ4v) is 0.920. The van der Waals surface area contributed by atoms with Gasteiger partial charge in [-0.3, -0.25) is 4.79 Å². The van der Waals surface area contributed by atoms with Crippen LogP contribution in [0.5, 0.6) is 0 Å². The quantitative estimate of drug-likeness (QED) is 0.546. The third-order valence-corrected chi connectivity index (χ3v) is 1.45. The van der Waals surface area contributed by atoms with Crippen LogP contribution in [0, 0.1) is 12.3 Å². The van der Waals surface area contributed by atoms with Crippen LogP contribution >= 0.6 is 0 Å². The Hall–Kier alpha value is -1.65. The fraction of sp³-hybridized carbons (Fsp3) is 0.286. The van der Waals surface area contributed by atoms with Crippen LogP contribution in [0.2, 0.25) is 0 Å². The van der Waals surface area contributed by atoms with Gasteiger partial charge >= 0.3 is 0 Å². The standard InChI is InChI=1S/C7H10N4O/c1-4-10-6(9-2)5(3-8)7(12)11-4/h3,8H,1-2H3,(H2,9,10,11,12). The highest BCUT2D eigenvalue weighted by Crippen LogP contribution is 2.02. The van der Waals surface area contributed by atoms with E-state index in [-0.39, 0.29) is 11.1 Å². The smallest absolute Gasteiger partial charge is 0.261 e. The van der Waals surface area contributed by atoms with E-state index < -0.39 is 0 Å². The molecule has 0 aliphatic rings. The van der Waals surface area contributed by atoms with E-state index in [1.165, 1.54) is 0 Å². The summed E-state index contributed by atoms with van der Waals surface area (Å²) in [5.41, 5.74) is -0.0371. The zero-order chi connectivity index (χ0) is 9.14. The average Bonchev–Trinajstić information content (AvgIpc) is 2.03. The molecule has 0 aliphatic heterocycles. The van der Waals surface area contributed by atoms with Gasteiger partial charge < -0.3 is 15.7 Å². The van der Waals surface area contributed by atoms with Crippen molar-refractivity contribution >= 4 is 12.0 Å². The van der Waals surface area contributed by atoms with Crippen molar-refractivity contribution in [3.63, 3.8) is 0 Å². The Morgan fingerprint density at radius 2 is 2.33 bits per heavy atom. The molecule has 0 atom stereocenters. The Bertz CT molecular complexity index is 355. The molecule has 0 aliphatic carbocycles. The lowest BCUT2D eigenvalue weighted by molar-refractivity contribution is 1.01. The predicted molar refractivity (Wildman–Crippen MR) is 47.0 cm³/mol. The molecule has 1 rings (SSSR count). The monoisotopic (exact) mass is 166 g/mol. The summed E-state index contributed by atoms with van der Waals surface area (Å²) in [5, 5.41) is 9.72. The van der Waals surface area contributed by atoms with Gasteiger partial charge in [-0.05, 0) is 6.92 Å². The molecule has 1 aromatic heterocycles. The van der Waals surface area contributed by atoms with Crippen LogP contribution < -0.4 is 10.9 Å². The van der Waals surface area contributed by atoms with Crippen molar-refractivity contribution in [3.05, 3.63) is 21.7 Å². The van der Waals surface area contributed by atoms with Gasteiger partial charge in [0, 0.05) is 13.3 Å². The van der Waals surface area contributed by atoms with Gasteiger partial charge in [0.2, 0.25) is 0 Å². The van der Waals surface area contributed by atoms with E-state index in [9.17, 15) is 4.79 Å². The number of rotatable bonds is 2. The minimum absolute atomic E-state index is 0.253. The molecular weight excluding hydrogens is 156 g/mol. The van der Waals surface area contributed by atoms with Crippen molar-refractivity contribution < 1.29 is 0 Å². The number of aromatic amines is 1. The van der Waals surface area contributed by atoms with E-state index in [0.29, 0.717) is 11.6 Å². The van der Waals surface area contributed by atoms with Crippen molar-refractivity contribution in [1.29, 1.82) is 5.41 Å². The maximum absolute atomic E-state index is 11.2. The van der Waals surface area contributed by atoms with Gasteiger partial charge in [-0.1, -0.05) is 0 Å². The molecule has 1 heterocycles. The van der Waals surface area contributed by atoms with E-state index in [1.807, 2.05) is 0 Å². The molecule has 0 fully saturated rings. The Balaban J connectivity index is 3.44. The molecule has 1 aromatic rings. The number of aromatic nitrogens is 2. The van der Waals surface area contributed by atoms with Gasteiger partial charge in [-0.15, -0.1) is 0 Å². The van der Waals surface area contributed by atoms with Crippen molar-refractivity contribution in [3.8, 4) is 0 Å². The fourth-order valence-electron chi connectivity index (χ4n) is 0.920. The van der Waals surface area contributed by atoms with Crippen LogP contribution in [0.1, 0.15) is 11.4 Å². The van der Waals surface area contributed by atoms with Crippen molar-refractivity contribution in [1.82, 2.24) is 9.97 Å². The second-order valence-electron chi connectivity index (χ2n) is 2.31. The van der Waals surface area contributed by atoms with Crippen LogP contribution in [0.25, 0.3) is 0 Å². The third kappa shape index (κ3) is 1.34. The first-order valence-electron chi connectivity index (χ1n) is 3.48. The van der Waals surface area contributed by atoms with Gasteiger partial charge in [-0.2, -0.15) is 0 Å². The number of nitrogens with zero attached hydrogens (tertiary/aromatic N) is 1. The lowest BCUT2D eigenvalue weighted by Crippen LogP contribution is -2.17. The molecule has 0 aromatic carbocycles. The average molecular weight is 166 g/mol. The first-order valence-corrected chi connectivity index (χ1v) is 3.48. The van der Waals surface area contributed by atoms with E-state index >= 15 is 0 Å². The topological polar surface area (TPSA) is 81.6 Å². The molecule has 0 spiro atoms. The molecule has 0 saturated heterocycles. The summed E-state index contributed by atoms with van der Waals surface area (Å²) in [6.45, 7) is 1.69. The van der Waals surface area contributed by atoms with Crippen molar-refractivity contribution in [2.75, 3.05) is 12.4 Å². The molecular formula is C7H10N4O. The first-order chi connectivity index (χ1) is 5.69. The third-order valence-electron chi connectivity index (χ3n) is 1.45. The zero-order valence-corrected chi connectivity index (χ0v) is 6.93. The summed E-state index contributed by atoms with van der Waals surface area (Å²) in [6, 6.07) is 0. The van der Waals surface area contributed by atoms with Crippen LogP contribution in [-0.2, 0) is 0 Å². The van der Waals surface area contributed by atoms with Crippen LogP contribution in [0.4, 0.5) is 5.82 Å². The number of H-pyrrole nitrogens is 1. The van der Waals surface area contributed by atoms with E-state index in [4.69, 9.17) is 5.41 Å². The normalized spacial score (nSPS) is 9.50. The van der Waals surface area contributed by atoms with Crippen LogP contribution in [0.15, 0.2) is 4.79 Å². The SMILES string of the molecule is CNc1nc(C)[nH]c(=O)c1C=N. The number of nitrogens with one attached hydrogen (secondary N) is 3. The van der Waals surface area contributed by atoms with Crippen LogP contribution in [-0.4, -0.2) is 23.2 Å². The second-order valence-corrected chi connectivity index (χ2v) is 2.31. The van der Waals surface area contributed by atoms with Gasteiger partial charge in [0.1, 0.15) is 11.6 Å². The molecule has 0 saturated carbocycles. The summed E-state index contributed by atoms with van der Waals surface area (Å²) >= 11 is 0. The Morgan fingerprint density at radius 3 is 2.83 bits per heavy atom. The number of anilines is 1. The number of hydrogen-bond acceptors (Lipinski definition) is 4. The Labute approximate surface area is 69.4 Å². The summed E-state index contributed by atoms with van der Waals surface area (Å²) in [7, 11) is 1.66. The molecule has 0 radical (unpaired) electrons. The number of aryl methyl sites for hydroxylation is 1. The zero-order valence-electron chi connectivity index (χ0n) is 6.93. The summed E-state index contributed by atoms with van der Waals surface area (Å²) in [6.07, 6.45) is 0.983. The molecule has 0 amide bonds. The van der Waals surface area contributed by atoms with Crippen molar-refractivity contribution in [2.45, 2.75) is 6.92 Å².